The molecule has 1 N–H and O–H groups in total. The molecule has 0 unspecified atom stereocenters. The van der Waals surface area contributed by atoms with Crippen LogP contribution in [0.1, 0.15) is 57.3 Å². The lowest BCUT2D eigenvalue weighted by atomic mass is 9.99. The lowest BCUT2D eigenvalue weighted by Crippen LogP contribution is -2.55. The van der Waals surface area contributed by atoms with E-state index in [2.05, 4.69) is 17.2 Å². The molecule has 0 aliphatic carbocycles. The van der Waals surface area contributed by atoms with Crippen LogP contribution in [0.15, 0.2) is 23.4 Å². The number of rotatable bonds is 4. The standard InChI is InChI=1S/C18H27N3O2S/c1-5-24-15-10-9-13(12-19-15)17(23)21-11-7-6-8-14(21)16(22)20-18(2,3)4/h9-10,12,14H,5-8,11H2,1-4H3,(H,20,22)/t14-/m0/s1. The van der Waals surface area contributed by atoms with Crippen molar-refractivity contribution in [1.82, 2.24) is 15.2 Å². The third-order valence-electron chi connectivity index (χ3n) is 3.84. The number of hydrogen-bond acceptors (Lipinski definition) is 4. The van der Waals surface area contributed by atoms with E-state index in [9.17, 15) is 9.59 Å². The largest absolute Gasteiger partial charge is 0.350 e. The van der Waals surface area contributed by atoms with E-state index >= 15 is 0 Å². The number of aromatic nitrogens is 1. The highest BCUT2D eigenvalue weighted by molar-refractivity contribution is 7.99. The first-order chi connectivity index (χ1) is 11.3. The molecule has 1 saturated heterocycles. The number of carbonyl (C=O) groups excluding carboxylic acids is 2. The van der Waals surface area contributed by atoms with Crippen molar-refractivity contribution in [2.45, 2.75) is 63.6 Å². The van der Waals surface area contributed by atoms with E-state index in [1.807, 2.05) is 26.8 Å². The molecular formula is C18H27N3O2S. The number of nitrogens with zero attached hydrogens (tertiary/aromatic N) is 2. The van der Waals surface area contributed by atoms with Crippen LogP contribution in [0.5, 0.6) is 0 Å². The summed E-state index contributed by atoms with van der Waals surface area (Å²) >= 11 is 1.64. The van der Waals surface area contributed by atoms with Gasteiger partial charge in [-0.3, -0.25) is 9.59 Å². The summed E-state index contributed by atoms with van der Waals surface area (Å²) in [5.41, 5.74) is 0.245. The summed E-state index contributed by atoms with van der Waals surface area (Å²) in [6.07, 6.45) is 4.23. The second-order valence-corrected chi connectivity index (χ2v) is 8.35. The molecule has 1 aliphatic rings. The number of hydrogen-bond donors (Lipinski definition) is 1. The van der Waals surface area contributed by atoms with Crippen molar-refractivity contribution in [2.24, 2.45) is 0 Å². The van der Waals surface area contributed by atoms with Gasteiger partial charge in [-0.25, -0.2) is 4.98 Å². The highest BCUT2D eigenvalue weighted by Gasteiger charge is 2.34. The van der Waals surface area contributed by atoms with Gasteiger partial charge >= 0.3 is 0 Å². The van der Waals surface area contributed by atoms with Gasteiger partial charge in [0.05, 0.1) is 10.6 Å². The van der Waals surface area contributed by atoms with Crippen molar-refractivity contribution in [1.29, 1.82) is 0 Å². The summed E-state index contributed by atoms with van der Waals surface area (Å²) < 4.78 is 0. The van der Waals surface area contributed by atoms with E-state index in [1.165, 1.54) is 0 Å². The minimum absolute atomic E-state index is 0.0679. The van der Waals surface area contributed by atoms with Crippen molar-refractivity contribution < 1.29 is 9.59 Å². The van der Waals surface area contributed by atoms with Crippen molar-refractivity contribution in [3.05, 3.63) is 23.9 Å². The SMILES string of the molecule is CCSc1ccc(C(=O)N2CCCC[C@H]2C(=O)NC(C)(C)C)cn1. The Morgan fingerprint density at radius 2 is 2.08 bits per heavy atom. The fraction of sp³-hybridized carbons (Fsp3) is 0.611. The van der Waals surface area contributed by atoms with Crippen molar-refractivity contribution >= 4 is 23.6 Å². The van der Waals surface area contributed by atoms with Gasteiger partial charge in [0.2, 0.25) is 5.91 Å². The Bertz CT molecular complexity index is 581. The topological polar surface area (TPSA) is 62.3 Å². The maximum Gasteiger partial charge on any atom is 0.256 e. The van der Waals surface area contributed by atoms with Crippen molar-refractivity contribution in [3.63, 3.8) is 0 Å². The van der Waals surface area contributed by atoms with Gasteiger partial charge in [0, 0.05) is 18.3 Å². The first-order valence-corrected chi connectivity index (χ1v) is 9.52. The van der Waals surface area contributed by atoms with Crippen LogP contribution in [0.2, 0.25) is 0 Å². The number of amides is 2. The zero-order valence-corrected chi connectivity index (χ0v) is 15.8. The van der Waals surface area contributed by atoms with Crippen molar-refractivity contribution in [2.75, 3.05) is 12.3 Å². The third-order valence-corrected chi connectivity index (χ3v) is 4.67. The van der Waals surface area contributed by atoms with E-state index in [-0.39, 0.29) is 17.4 Å². The maximum absolute atomic E-state index is 12.8. The fourth-order valence-electron chi connectivity index (χ4n) is 2.81. The summed E-state index contributed by atoms with van der Waals surface area (Å²) in [7, 11) is 0. The van der Waals surface area contributed by atoms with Crippen LogP contribution in [0.25, 0.3) is 0 Å². The number of nitrogens with one attached hydrogen (secondary N) is 1. The molecule has 5 nitrogen and oxygen atoms in total. The first-order valence-electron chi connectivity index (χ1n) is 8.53. The van der Waals surface area contributed by atoms with Gasteiger partial charge in [0.15, 0.2) is 0 Å². The Hall–Kier alpha value is -1.56. The smallest absolute Gasteiger partial charge is 0.256 e. The molecule has 1 fully saturated rings. The van der Waals surface area contributed by atoms with E-state index in [0.29, 0.717) is 18.5 Å². The average Bonchev–Trinajstić information content (AvgIpc) is 2.53. The molecule has 0 bridgehead atoms. The zero-order chi connectivity index (χ0) is 17.7. The maximum atomic E-state index is 12.8. The van der Waals surface area contributed by atoms with Gasteiger partial charge < -0.3 is 10.2 Å². The van der Waals surface area contributed by atoms with Crippen LogP contribution in [-0.4, -0.2) is 45.6 Å². The molecule has 2 heterocycles. The lowest BCUT2D eigenvalue weighted by molar-refractivity contribution is -0.128. The highest BCUT2D eigenvalue weighted by Crippen LogP contribution is 2.22. The van der Waals surface area contributed by atoms with Gasteiger partial charge in [0.1, 0.15) is 6.04 Å². The minimum atomic E-state index is -0.393. The van der Waals surface area contributed by atoms with Gasteiger partial charge in [-0.15, -0.1) is 11.8 Å². The van der Waals surface area contributed by atoms with Gasteiger partial charge in [-0.05, 0) is 57.9 Å². The molecule has 2 amide bonds. The summed E-state index contributed by atoms with van der Waals surface area (Å²) in [6, 6.07) is 3.28. The second-order valence-electron chi connectivity index (χ2n) is 7.07. The molecule has 1 atom stereocenters. The molecule has 1 aliphatic heterocycles. The monoisotopic (exact) mass is 349 g/mol. The normalized spacial score (nSPS) is 18.3. The molecule has 0 saturated carbocycles. The third kappa shape index (κ3) is 4.97. The summed E-state index contributed by atoms with van der Waals surface area (Å²) in [6.45, 7) is 8.54. The molecule has 0 aromatic carbocycles. The van der Waals surface area contributed by atoms with E-state index in [4.69, 9.17) is 0 Å². The molecule has 1 aromatic heterocycles. The first kappa shape index (κ1) is 18.8. The van der Waals surface area contributed by atoms with E-state index in [1.54, 1.807) is 28.9 Å². The predicted molar refractivity (Wildman–Crippen MR) is 97.2 cm³/mol. The van der Waals surface area contributed by atoms with Crippen LogP contribution < -0.4 is 5.32 Å². The number of piperidine rings is 1. The molecular weight excluding hydrogens is 322 g/mol. The quantitative estimate of drug-likeness (QED) is 0.849. The van der Waals surface area contributed by atoms with Crippen LogP contribution in [0, 0.1) is 0 Å². The summed E-state index contributed by atoms with van der Waals surface area (Å²) in [5.74, 6) is 0.771. The molecule has 0 radical (unpaired) electrons. The minimum Gasteiger partial charge on any atom is -0.350 e. The molecule has 132 valence electrons. The van der Waals surface area contributed by atoms with Gasteiger partial charge in [0.25, 0.3) is 5.91 Å². The number of likely N-dealkylation sites (tertiary alicyclic amines) is 1. The van der Waals surface area contributed by atoms with E-state index < -0.39 is 6.04 Å². The Morgan fingerprint density at radius 3 is 2.67 bits per heavy atom. The number of carbonyl (C=O) groups is 2. The van der Waals surface area contributed by atoms with Crippen LogP contribution in [0.4, 0.5) is 0 Å². The molecule has 1 aromatic rings. The fourth-order valence-corrected chi connectivity index (χ4v) is 3.39. The Balaban J connectivity index is 2.14. The molecule has 0 spiro atoms. The van der Waals surface area contributed by atoms with Gasteiger partial charge in [-0.2, -0.15) is 0 Å². The summed E-state index contributed by atoms with van der Waals surface area (Å²) in [4.78, 5) is 31.5. The lowest BCUT2D eigenvalue weighted by Gasteiger charge is -2.36. The number of thioether (sulfide) groups is 1. The zero-order valence-electron chi connectivity index (χ0n) is 15.0. The predicted octanol–water partition coefficient (Wildman–Crippen LogP) is 3.10. The molecule has 2 rings (SSSR count). The van der Waals surface area contributed by atoms with E-state index in [0.717, 1.165) is 23.6 Å². The Morgan fingerprint density at radius 1 is 1.33 bits per heavy atom. The Labute approximate surface area is 148 Å². The second kappa shape index (κ2) is 8.01. The summed E-state index contributed by atoms with van der Waals surface area (Å²) in [5, 5.41) is 3.91. The van der Waals surface area contributed by atoms with Crippen LogP contribution in [0.3, 0.4) is 0 Å². The average molecular weight is 350 g/mol. The molecule has 6 heteroatoms. The van der Waals surface area contributed by atoms with Crippen LogP contribution in [-0.2, 0) is 4.79 Å². The Kier molecular flexibility index (Phi) is 6.27. The number of pyridine rings is 1. The highest BCUT2D eigenvalue weighted by atomic mass is 32.2. The van der Waals surface area contributed by atoms with Crippen molar-refractivity contribution in [3.8, 4) is 0 Å². The van der Waals surface area contributed by atoms with Crippen LogP contribution >= 0.6 is 11.8 Å². The van der Waals surface area contributed by atoms with Gasteiger partial charge in [-0.1, -0.05) is 6.92 Å². The molecule has 24 heavy (non-hydrogen) atoms.